The third-order valence-electron chi connectivity index (χ3n) is 2.95. The molecule has 0 bridgehead atoms. The average Bonchev–Trinajstić information content (AvgIpc) is 2.45. The highest BCUT2D eigenvalue weighted by Crippen LogP contribution is 2.21. The van der Waals surface area contributed by atoms with Gasteiger partial charge < -0.3 is 10.1 Å². The summed E-state index contributed by atoms with van der Waals surface area (Å²) in [4.78, 5) is 4.37. The van der Waals surface area contributed by atoms with Crippen LogP contribution in [0.2, 0.25) is 0 Å². The van der Waals surface area contributed by atoms with Gasteiger partial charge in [-0.15, -0.1) is 0 Å². The highest BCUT2D eigenvalue weighted by atomic mass is 16.5. The molecule has 0 radical (unpaired) electrons. The molecule has 1 heterocycles. The quantitative estimate of drug-likeness (QED) is 0.841. The van der Waals surface area contributed by atoms with Crippen LogP contribution in [0.25, 0.3) is 0 Å². The zero-order valence-corrected chi connectivity index (χ0v) is 12.9. The van der Waals surface area contributed by atoms with E-state index < -0.39 is 0 Å². The van der Waals surface area contributed by atoms with Crippen LogP contribution in [-0.2, 0) is 0 Å². The van der Waals surface area contributed by atoms with Gasteiger partial charge in [0.2, 0.25) is 0 Å². The van der Waals surface area contributed by atoms with Crippen molar-refractivity contribution in [1.29, 1.82) is 5.41 Å². The molecule has 1 aromatic carbocycles. The Balaban J connectivity index is 2.34. The van der Waals surface area contributed by atoms with Crippen LogP contribution in [0.15, 0.2) is 42.6 Å². The lowest BCUT2D eigenvalue weighted by molar-refractivity contribution is 0.415. The van der Waals surface area contributed by atoms with E-state index in [1.807, 2.05) is 36.4 Å². The van der Waals surface area contributed by atoms with E-state index in [1.165, 1.54) is 0 Å². The van der Waals surface area contributed by atoms with E-state index >= 15 is 0 Å². The van der Waals surface area contributed by atoms with Gasteiger partial charge in [0.25, 0.3) is 0 Å². The van der Waals surface area contributed by atoms with Crippen LogP contribution in [0, 0.1) is 5.41 Å². The molecule has 0 saturated carbocycles. The van der Waals surface area contributed by atoms with Crippen LogP contribution in [0.5, 0.6) is 5.75 Å². The maximum Gasteiger partial charge on any atom is 0.135 e. The minimum Gasteiger partial charge on any atom is -0.497 e. The molecule has 2 rings (SSSR count). The molecule has 0 aliphatic carbocycles. The van der Waals surface area contributed by atoms with Gasteiger partial charge in [-0.3, -0.25) is 5.41 Å². The fourth-order valence-electron chi connectivity index (χ4n) is 1.98. The van der Waals surface area contributed by atoms with Gasteiger partial charge in [0.1, 0.15) is 11.6 Å². The summed E-state index contributed by atoms with van der Waals surface area (Å²) in [7, 11) is 1.63. The van der Waals surface area contributed by atoms with Gasteiger partial charge in [0.05, 0.1) is 12.8 Å². The number of hydrogen-bond acceptors (Lipinski definition) is 4. The zero-order chi connectivity index (χ0) is 15.5. The third-order valence-corrected chi connectivity index (χ3v) is 2.95. The highest BCUT2D eigenvalue weighted by molar-refractivity contribution is 6.13. The molecule has 0 saturated heterocycles. The molecule has 4 heteroatoms. The van der Waals surface area contributed by atoms with Crippen LogP contribution >= 0.6 is 0 Å². The molecule has 110 valence electrons. The molecular weight excluding hydrogens is 262 g/mol. The van der Waals surface area contributed by atoms with Gasteiger partial charge in [-0.1, -0.05) is 0 Å². The van der Waals surface area contributed by atoms with Gasteiger partial charge in [-0.2, -0.15) is 0 Å². The average molecular weight is 283 g/mol. The molecule has 2 aromatic rings. The molecule has 0 spiro atoms. The fourth-order valence-corrected chi connectivity index (χ4v) is 1.98. The highest BCUT2D eigenvalue weighted by Gasteiger charge is 2.16. The smallest absolute Gasteiger partial charge is 0.135 e. The number of pyridine rings is 1. The Morgan fingerprint density at radius 1 is 1.14 bits per heavy atom. The van der Waals surface area contributed by atoms with E-state index in [0.717, 1.165) is 22.7 Å². The van der Waals surface area contributed by atoms with E-state index in [9.17, 15) is 0 Å². The number of ether oxygens (including phenoxy) is 1. The Labute approximate surface area is 125 Å². The van der Waals surface area contributed by atoms with Gasteiger partial charge in [0.15, 0.2) is 0 Å². The number of rotatable bonds is 4. The monoisotopic (exact) mass is 283 g/mol. The van der Waals surface area contributed by atoms with Gasteiger partial charge >= 0.3 is 0 Å². The Morgan fingerprint density at radius 2 is 1.81 bits per heavy atom. The van der Waals surface area contributed by atoms with Crippen molar-refractivity contribution in [1.82, 2.24) is 4.98 Å². The zero-order valence-electron chi connectivity index (χ0n) is 12.9. The normalized spacial score (nSPS) is 11.0. The lowest BCUT2D eigenvalue weighted by Crippen LogP contribution is -2.28. The van der Waals surface area contributed by atoms with Gasteiger partial charge in [0, 0.05) is 22.9 Å². The Morgan fingerprint density at radius 3 is 2.38 bits per heavy atom. The van der Waals surface area contributed by atoms with Crippen molar-refractivity contribution >= 4 is 11.5 Å². The summed E-state index contributed by atoms with van der Waals surface area (Å²) in [5, 5.41) is 11.8. The van der Waals surface area contributed by atoms with Crippen LogP contribution in [-0.4, -0.2) is 23.3 Å². The molecule has 4 nitrogen and oxygen atoms in total. The number of benzene rings is 1. The Bertz CT molecular complexity index is 627. The molecule has 0 aliphatic rings. The summed E-state index contributed by atoms with van der Waals surface area (Å²) in [6.07, 6.45) is 1.73. The summed E-state index contributed by atoms with van der Waals surface area (Å²) in [6, 6.07) is 11.2. The lowest BCUT2D eigenvalue weighted by atomic mass is 10.0. The second-order valence-electron chi connectivity index (χ2n) is 5.88. The molecule has 0 fully saturated rings. The standard InChI is InChI=1S/C17H21N3O/c1-17(2,3)20-16-14(6-5-11-19-16)15(18)12-7-9-13(21-4)10-8-12/h5-11,18H,1-4H3,(H,19,20). The molecule has 1 aromatic heterocycles. The first-order valence-corrected chi connectivity index (χ1v) is 6.87. The van der Waals surface area contributed by atoms with Crippen LogP contribution in [0.1, 0.15) is 31.9 Å². The van der Waals surface area contributed by atoms with Crippen molar-refractivity contribution in [2.45, 2.75) is 26.3 Å². The van der Waals surface area contributed by atoms with Crippen LogP contribution < -0.4 is 10.1 Å². The number of nitrogens with one attached hydrogen (secondary N) is 2. The Hall–Kier alpha value is -2.36. The maximum absolute atomic E-state index is 8.43. The minimum atomic E-state index is -0.108. The second kappa shape index (κ2) is 5.95. The minimum absolute atomic E-state index is 0.108. The molecule has 2 N–H and O–H groups in total. The second-order valence-corrected chi connectivity index (χ2v) is 5.88. The predicted octanol–water partition coefficient (Wildman–Crippen LogP) is 3.72. The molecule has 0 amide bonds. The first kappa shape index (κ1) is 15.0. The summed E-state index contributed by atoms with van der Waals surface area (Å²) in [5.74, 6) is 1.51. The fraction of sp³-hybridized carbons (Fsp3) is 0.294. The SMILES string of the molecule is COc1ccc(C(=N)c2cccnc2NC(C)(C)C)cc1. The van der Waals surface area contributed by atoms with Crippen molar-refractivity contribution < 1.29 is 4.74 Å². The van der Waals surface area contributed by atoms with E-state index in [-0.39, 0.29) is 5.54 Å². The van der Waals surface area contributed by atoms with Crippen LogP contribution in [0.4, 0.5) is 5.82 Å². The molecular formula is C17H21N3O. The number of methoxy groups -OCH3 is 1. The summed E-state index contributed by atoms with van der Waals surface area (Å²) in [5.41, 5.74) is 1.96. The van der Waals surface area contributed by atoms with Crippen molar-refractivity contribution in [2.75, 3.05) is 12.4 Å². The largest absolute Gasteiger partial charge is 0.497 e. The van der Waals surface area contributed by atoms with Crippen molar-refractivity contribution in [3.05, 3.63) is 53.7 Å². The summed E-state index contributed by atoms with van der Waals surface area (Å²) in [6.45, 7) is 6.22. The third kappa shape index (κ3) is 3.81. The summed E-state index contributed by atoms with van der Waals surface area (Å²) < 4.78 is 5.15. The van der Waals surface area contributed by atoms with Crippen molar-refractivity contribution in [3.63, 3.8) is 0 Å². The Kier molecular flexibility index (Phi) is 4.26. The van der Waals surface area contributed by atoms with E-state index in [2.05, 4.69) is 31.1 Å². The van der Waals surface area contributed by atoms with Crippen LogP contribution in [0.3, 0.4) is 0 Å². The van der Waals surface area contributed by atoms with E-state index in [0.29, 0.717) is 5.71 Å². The summed E-state index contributed by atoms with van der Waals surface area (Å²) >= 11 is 0. The van der Waals surface area contributed by atoms with Gasteiger partial charge in [-0.25, -0.2) is 4.98 Å². The van der Waals surface area contributed by atoms with Gasteiger partial charge in [-0.05, 0) is 57.2 Å². The molecule has 0 aliphatic heterocycles. The first-order chi connectivity index (χ1) is 9.90. The first-order valence-electron chi connectivity index (χ1n) is 6.87. The number of anilines is 1. The van der Waals surface area contributed by atoms with Crippen molar-refractivity contribution in [2.24, 2.45) is 0 Å². The predicted molar refractivity (Wildman–Crippen MR) is 86.5 cm³/mol. The molecule has 0 atom stereocenters. The number of nitrogens with zero attached hydrogens (tertiary/aromatic N) is 1. The van der Waals surface area contributed by atoms with Crippen molar-refractivity contribution in [3.8, 4) is 5.75 Å². The number of aromatic nitrogens is 1. The number of hydrogen-bond donors (Lipinski definition) is 2. The maximum atomic E-state index is 8.43. The van der Waals surface area contributed by atoms with E-state index in [1.54, 1.807) is 13.3 Å². The molecule has 0 unspecified atom stereocenters. The van der Waals surface area contributed by atoms with E-state index in [4.69, 9.17) is 10.1 Å². The molecule has 21 heavy (non-hydrogen) atoms. The topological polar surface area (TPSA) is 58.0 Å². The lowest BCUT2D eigenvalue weighted by Gasteiger charge is -2.23.